The molecule has 1 N–H and O–H groups in total. The van der Waals surface area contributed by atoms with Crippen molar-refractivity contribution in [2.45, 2.75) is 17.9 Å². The minimum atomic E-state index is -3.74. The average Bonchev–Trinajstić information content (AvgIpc) is 3.19. The second-order valence-corrected chi connectivity index (χ2v) is 8.00. The quantitative estimate of drug-likeness (QED) is 0.608. The van der Waals surface area contributed by atoms with Crippen molar-refractivity contribution < 1.29 is 22.4 Å². The van der Waals surface area contributed by atoms with E-state index in [1.54, 1.807) is 19.1 Å². The number of rotatable bonds is 6. The van der Waals surface area contributed by atoms with Gasteiger partial charge in [-0.3, -0.25) is 0 Å². The fourth-order valence-corrected chi connectivity index (χ4v) is 3.27. The van der Waals surface area contributed by atoms with Gasteiger partial charge in [0.05, 0.1) is 15.5 Å². The molecule has 8 nitrogen and oxygen atoms in total. The highest BCUT2D eigenvalue weighted by molar-refractivity contribution is 7.89. The van der Waals surface area contributed by atoms with Crippen LogP contribution in [0.25, 0.3) is 11.5 Å². The molecule has 0 saturated carbocycles. The van der Waals surface area contributed by atoms with E-state index in [-0.39, 0.29) is 21.4 Å². The van der Waals surface area contributed by atoms with Crippen LogP contribution in [0.5, 0.6) is 0 Å². The van der Waals surface area contributed by atoms with Crippen LogP contribution in [-0.2, 0) is 14.8 Å². The maximum absolute atomic E-state index is 12.5. The second kappa shape index (κ2) is 8.09. The molecule has 0 aliphatic rings. The van der Waals surface area contributed by atoms with E-state index >= 15 is 0 Å². The van der Waals surface area contributed by atoms with Gasteiger partial charge in [-0.15, -0.1) is 10.2 Å². The van der Waals surface area contributed by atoms with Crippen LogP contribution in [0.15, 0.2) is 57.8 Å². The highest BCUT2D eigenvalue weighted by Crippen LogP contribution is 2.26. The first-order chi connectivity index (χ1) is 13.3. The van der Waals surface area contributed by atoms with Crippen molar-refractivity contribution in [1.82, 2.24) is 14.9 Å². The third-order valence-electron chi connectivity index (χ3n) is 3.83. The average molecular weight is 422 g/mol. The number of sulfonamides is 1. The Bertz CT molecular complexity index is 1100. The van der Waals surface area contributed by atoms with Crippen molar-refractivity contribution in [3.05, 3.63) is 65.0 Å². The zero-order chi connectivity index (χ0) is 20.3. The number of aromatic nitrogens is 2. The van der Waals surface area contributed by atoms with E-state index in [0.29, 0.717) is 5.89 Å². The third kappa shape index (κ3) is 4.22. The summed E-state index contributed by atoms with van der Waals surface area (Å²) in [6, 6.07) is 12.9. The highest BCUT2D eigenvalue weighted by Gasteiger charge is 2.23. The van der Waals surface area contributed by atoms with Crippen molar-refractivity contribution in [3.8, 4) is 11.5 Å². The van der Waals surface area contributed by atoms with Crippen LogP contribution in [0.2, 0.25) is 5.02 Å². The van der Waals surface area contributed by atoms with Gasteiger partial charge in [0.25, 0.3) is 5.89 Å². The standard InChI is InChI=1S/C18H16ClN3O5S/c1-11(16-21-22-17(27-16)12-6-4-3-5-7-12)26-18(23)14-10-13(8-9-15(14)19)28(24,25)20-2/h3-11,20H,1-2H3. The number of carbonyl (C=O) groups is 1. The van der Waals surface area contributed by atoms with Crippen LogP contribution in [0, 0.1) is 0 Å². The summed E-state index contributed by atoms with van der Waals surface area (Å²) in [7, 11) is -2.47. The third-order valence-corrected chi connectivity index (χ3v) is 5.57. The summed E-state index contributed by atoms with van der Waals surface area (Å²) in [4.78, 5) is 12.4. The largest absolute Gasteiger partial charge is 0.449 e. The molecule has 1 unspecified atom stereocenters. The van der Waals surface area contributed by atoms with E-state index in [1.807, 2.05) is 18.2 Å². The Balaban J connectivity index is 1.80. The SMILES string of the molecule is CNS(=O)(=O)c1ccc(Cl)c(C(=O)OC(C)c2nnc(-c3ccccc3)o2)c1. The van der Waals surface area contributed by atoms with E-state index in [2.05, 4.69) is 14.9 Å². The lowest BCUT2D eigenvalue weighted by atomic mass is 10.2. The summed E-state index contributed by atoms with van der Waals surface area (Å²) in [6.45, 7) is 1.56. The number of esters is 1. The molecule has 146 valence electrons. The zero-order valence-electron chi connectivity index (χ0n) is 14.9. The van der Waals surface area contributed by atoms with Crippen LogP contribution in [0.1, 0.15) is 29.3 Å². The Morgan fingerprint density at radius 2 is 1.89 bits per heavy atom. The van der Waals surface area contributed by atoms with Crippen molar-refractivity contribution >= 4 is 27.6 Å². The Kier molecular flexibility index (Phi) is 5.78. The molecule has 0 bridgehead atoms. The molecule has 0 radical (unpaired) electrons. The van der Waals surface area contributed by atoms with Crippen LogP contribution in [0.3, 0.4) is 0 Å². The topological polar surface area (TPSA) is 111 Å². The van der Waals surface area contributed by atoms with Crippen molar-refractivity contribution in [2.24, 2.45) is 0 Å². The molecule has 0 saturated heterocycles. The van der Waals surface area contributed by atoms with Gasteiger partial charge in [-0.05, 0) is 44.3 Å². The molecule has 0 aliphatic heterocycles. The molecule has 1 aromatic heterocycles. The lowest BCUT2D eigenvalue weighted by Gasteiger charge is -2.11. The van der Waals surface area contributed by atoms with Gasteiger partial charge >= 0.3 is 5.97 Å². The van der Waals surface area contributed by atoms with Gasteiger partial charge in [0, 0.05) is 5.56 Å². The number of nitrogens with one attached hydrogen (secondary N) is 1. The number of hydrogen-bond acceptors (Lipinski definition) is 7. The van der Waals surface area contributed by atoms with Gasteiger partial charge in [-0.1, -0.05) is 29.8 Å². The van der Waals surface area contributed by atoms with Gasteiger partial charge in [-0.25, -0.2) is 17.9 Å². The molecule has 3 aromatic rings. The Hall–Kier alpha value is -2.75. The maximum Gasteiger partial charge on any atom is 0.340 e. The van der Waals surface area contributed by atoms with Crippen LogP contribution >= 0.6 is 11.6 Å². The molecule has 0 fully saturated rings. The smallest absolute Gasteiger partial charge is 0.340 e. The van der Waals surface area contributed by atoms with Crippen molar-refractivity contribution in [1.29, 1.82) is 0 Å². The normalized spacial score (nSPS) is 12.5. The first-order valence-corrected chi connectivity index (χ1v) is 10.0. The predicted octanol–water partition coefficient (Wildman–Crippen LogP) is 3.22. The van der Waals surface area contributed by atoms with Gasteiger partial charge in [0.2, 0.25) is 15.9 Å². The van der Waals surface area contributed by atoms with Gasteiger partial charge in [-0.2, -0.15) is 0 Å². The molecule has 1 atom stereocenters. The fraction of sp³-hybridized carbons (Fsp3) is 0.167. The van der Waals surface area contributed by atoms with Crippen LogP contribution in [0.4, 0.5) is 0 Å². The Labute approximate surface area is 166 Å². The first-order valence-electron chi connectivity index (χ1n) is 8.14. The summed E-state index contributed by atoms with van der Waals surface area (Å²) in [5, 5.41) is 7.90. The molecule has 0 aliphatic carbocycles. The molecular weight excluding hydrogens is 406 g/mol. The molecule has 3 rings (SSSR count). The number of hydrogen-bond donors (Lipinski definition) is 1. The molecule has 0 amide bonds. The summed E-state index contributed by atoms with van der Waals surface area (Å²) < 4.78 is 36.9. The maximum atomic E-state index is 12.5. The Morgan fingerprint density at radius 1 is 1.18 bits per heavy atom. The Morgan fingerprint density at radius 3 is 2.57 bits per heavy atom. The zero-order valence-corrected chi connectivity index (χ0v) is 16.5. The summed E-state index contributed by atoms with van der Waals surface area (Å²) >= 11 is 6.03. The predicted molar refractivity (Wildman–Crippen MR) is 101 cm³/mol. The second-order valence-electron chi connectivity index (χ2n) is 5.71. The van der Waals surface area contributed by atoms with E-state index in [0.717, 1.165) is 11.6 Å². The first kappa shape index (κ1) is 20.0. The van der Waals surface area contributed by atoms with Gasteiger partial charge in [0.15, 0.2) is 6.10 Å². The molecule has 2 aromatic carbocycles. The lowest BCUT2D eigenvalue weighted by Crippen LogP contribution is -2.19. The summed E-state index contributed by atoms with van der Waals surface area (Å²) in [5.74, 6) is -0.425. The molecular formula is C18H16ClN3O5S. The summed E-state index contributed by atoms with van der Waals surface area (Å²) in [6.07, 6.45) is -0.863. The van der Waals surface area contributed by atoms with Crippen LogP contribution < -0.4 is 4.72 Å². The lowest BCUT2D eigenvalue weighted by molar-refractivity contribution is 0.0280. The van der Waals surface area contributed by atoms with E-state index in [9.17, 15) is 13.2 Å². The van der Waals surface area contributed by atoms with Crippen molar-refractivity contribution in [2.75, 3.05) is 7.05 Å². The highest BCUT2D eigenvalue weighted by atomic mass is 35.5. The molecule has 10 heteroatoms. The van der Waals surface area contributed by atoms with E-state index in [4.69, 9.17) is 20.8 Å². The molecule has 0 spiro atoms. The van der Waals surface area contributed by atoms with Crippen LogP contribution in [-0.4, -0.2) is 31.6 Å². The number of benzene rings is 2. The minimum absolute atomic E-state index is 0.0581. The van der Waals surface area contributed by atoms with Gasteiger partial charge in [0.1, 0.15) is 0 Å². The monoisotopic (exact) mass is 421 g/mol. The van der Waals surface area contributed by atoms with E-state index < -0.39 is 22.1 Å². The molecule has 1 heterocycles. The molecule has 28 heavy (non-hydrogen) atoms. The fourth-order valence-electron chi connectivity index (χ4n) is 2.32. The number of halogens is 1. The van der Waals surface area contributed by atoms with Crippen molar-refractivity contribution in [3.63, 3.8) is 0 Å². The minimum Gasteiger partial charge on any atom is -0.449 e. The van der Waals surface area contributed by atoms with E-state index in [1.165, 1.54) is 19.2 Å². The number of nitrogens with zero attached hydrogens (tertiary/aromatic N) is 2. The number of carbonyl (C=O) groups excluding carboxylic acids is 1. The van der Waals surface area contributed by atoms with Gasteiger partial charge < -0.3 is 9.15 Å². The number of ether oxygens (including phenoxy) is 1. The summed E-state index contributed by atoms with van der Waals surface area (Å²) in [5.41, 5.74) is 0.639.